The lowest BCUT2D eigenvalue weighted by molar-refractivity contribution is 0.0172. The van der Waals surface area contributed by atoms with Gasteiger partial charge in [0.1, 0.15) is 0 Å². The van der Waals surface area contributed by atoms with Gasteiger partial charge in [0.15, 0.2) is 11.5 Å². The van der Waals surface area contributed by atoms with Crippen LogP contribution >= 0.6 is 0 Å². The fourth-order valence-corrected chi connectivity index (χ4v) is 3.16. The van der Waals surface area contributed by atoms with E-state index < -0.39 is 10.0 Å². The molecule has 22 heavy (non-hydrogen) atoms. The molecular formula is C14H20N2O5S. The Kier molecular flexibility index (Phi) is 4.53. The summed E-state index contributed by atoms with van der Waals surface area (Å²) in [4.78, 5) is 2.22. The monoisotopic (exact) mass is 328 g/mol. The van der Waals surface area contributed by atoms with Gasteiger partial charge in [0.25, 0.3) is 0 Å². The number of hydrogen-bond acceptors (Lipinski definition) is 6. The van der Waals surface area contributed by atoms with Crippen LogP contribution in [0, 0.1) is 0 Å². The van der Waals surface area contributed by atoms with Gasteiger partial charge in [0.2, 0.25) is 16.8 Å². The molecule has 0 radical (unpaired) electrons. The lowest BCUT2D eigenvalue weighted by Crippen LogP contribution is -2.43. The topological polar surface area (TPSA) is 77.1 Å². The second kappa shape index (κ2) is 6.41. The standard InChI is InChI=1S/C14H20N2O5S/c1-22(17,18)15-9-12(16-4-6-19-7-5-16)11-2-3-13-14(8-11)21-10-20-13/h2-3,8,12,15H,4-7,9-10H2,1H3/t12-/m0/s1. The van der Waals surface area contributed by atoms with Crippen molar-refractivity contribution < 1.29 is 22.6 Å². The third kappa shape index (κ3) is 3.70. The molecule has 1 saturated heterocycles. The Hall–Kier alpha value is -1.35. The van der Waals surface area contributed by atoms with E-state index in [9.17, 15) is 8.42 Å². The zero-order valence-electron chi connectivity index (χ0n) is 12.4. The Labute approximate surface area is 130 Å². The molecule has 0 aromatic heterocycles. The second-order valence-corrected chi connectivity index (χ2v) is 7.23. The van der Waals surface area contributed by atoms with Crippen molar-refractivity contribution in [3.63, 3.8) is 0 Å². The number of ether oxygens (including phenoxy) is 3. The highest BCUT2D eigenvalue weighted by Gasteiger charge is 2.25. The molecule has 1 aromatic carbocycles. The molecule has 2 aliphatic heterocycles. The second-order valence-electron chi connectivity index (χ2n) is 5.40. The fraction of sp³-hybridized carbons (Fsp3) is 0.571. The minimum atomic E-state index is -3.24. The van der Waals surface area contributed by atoms with Crippen LogP contribution in [-0.2, 0) is 14.8 Å². The third-order valence-electron chi connectivity index (χ3n) is 3.81. The van der Waals surface area contributed by atoms with Crippen molar-refractivity contribution in [3.05, 3.63) is 23.8 Å². The Bertz CT molecular complexity index is 628. The molecule has 0 unspecified atom stereocenters. The summed E-state index contributed by atoms with van der Waals surface area (Å²) in [5, 5.41) is 0. The van der Waals surface area contributed by atoms with E-state index in [0.717, 1.165) is 24.4 Å². The van der Waals surface area contributed by atoms with Gasteiger partial charge in [-0.25, -0.2) is 13.1 Å². The number of morpholine rings is 1. The van der Waals surface area contributed by atoms with E-state index in [-0.39, 0.29) is 12.8 Å². The smallest absolute Gasteiger partial charge is 0.231 e. The van der Waals surface area contributed by atoms with Crippen molar-refractivity contribution in [1.29, 1.82) is 0 Å². The molecule has 122 valence electrons. The number of nitrogens with zero attached hydrogens (tertiary/aromatic N) is 1. The molecule has 0 spiro atoms. The highest BCUT2D eigenvalue weighted by Crippen LogP contribution is 2.35. The quantitative estimate of drug-likeness (QED) is 0.840. The van der Waals surface area contributed by atoms with Crippen molar-refractivity contribution in [3.8, 4) is 11.5 Å². The van der Waals surface area contributed by atoms with Crippen molar-refractivity contribution in [2.75, 3.05) is 45.9 Å². The maximum absolute atomic E-state index is 11.4. The van der Waals surface area contributed by atoms with E-state index in [1.54, 1.807) is 0 Å². The van der Waals surface area contributed by atoms with E-state index in [0.29, 0.717) is 25.5 Å². The first-order chi connectivity index (χ1) is 10.5. The van der Waals surface area contributed by atoms with Gasteiger partial charge in [-0.15, -0.1) is 0 Å². The summed E-state index contributed by atoms with van der Waals surface area (Å²) in [7, 11) is -3.24. The molecule has 1 atom stereocenters. The van der Waals surface area contributed by atoms with E-state index >= 15 is 0 Å². The SMILES string of the molecule is CS(=O)(=O)NC[C@@H](c1ccc2c(c1)OCO2)N1CCOCC1. The summed E-state index contributed by atoms with van der Waals surface area (Å²) in [5.74, 6) is 1.43. The highest BCUT2D eigenvalue weighted by molar-refractivity contribution is 7.88. The van der Waals surface area contributed by atoms with Crippen LogP contribution in [0.1, 0.15) is 11.6 Å². The average Bonchev–Trinajstić information content (AvgIpc) is 2.95. The van der Waals surface area contributed by atoms with Gasteiger partial charge >= 0.3 is 0 Å². The molecule has 1 aromatic rings. The molecule has 0 amide bonds. The van der Waals surface area contributed by atoms with Gasteiger partial charge in [-0.05, 0) is 17.7 Å². The molecule has 0 saturated carbocycles. The van der Waals surface area contributed by atoms with Crippen molar-refractivity contribution in [2.45, 2.75) is 6.04 Å². The van der Waals surface area contributed by atoms with Crippen LogP contribution in [0.4, 0.5) is 0 Å². The first-order valence-electron chi connectivity index (χ1n) is 7.19. The highest BCUT2D eigenvalue weighted by atomic mass is 32.2. The maximum atomic E-state index is 11.4. The Morgan fingerprint density at radius 3 is 2.68 bits per heavy atom. The summed E-state index contributed by atoms with van der Waals surface area (Å²) in [6.45, 7) is 3.38. The third-order valence-corrected chi connectivity index (χ3v) is 4.50. The maximum Gasteiger partial charge on any atom is 0.231 e. The summed E-state index contributed by atoms with van der Waals surface area (Å²) < 4.78 is 41.6. The van der Waals surface area contributed by atoms with Crippen molar-refractivity contribution in [2.24, 2.45) is 0 Å². The summed E-state index contributed by atoms with van der Waals surface area (Å²) in [5.41, 5.74) is 1.00. The molecule has 2 heterocycles. The molecule has 1 N–H and O–H groups in total. The first-order valence-corrected chi connectivity index (χ1v) is 9.08. The predicted molar refractivity (Wildman–Crippen MR) is 80.5 cm³/mol. The minimum absolute atomic E-state index is 0.0619. The number of benzene rings is 1. The van der Waals surface area contributed by atoms with Crippen LogP contribution in [0.3, 0.4) is 0 Å². The molecule has 0 bridgehead atoms. The van der Waals surface area contributed by atoms with Gasteiger partial charge in [0, 0.05) is 25.7 Å². The van der Waals surface area contributed by atoms with Crippen LogP contribution in [0.25, 0.3) is 0 Å². The molecule has 7 nitrogen and oxygen atoms in total. The lowest BCUT2D eigenvalue weighted by Gasteiger charge is -2.34. The number of rotatable bonds is 5. The van der Waals surface area contributed by atoms with Crippen LogP contribution in [0.2, 0.25) is 0 Å². The van der Waals surface area contributed by atoms with Gasteiger partial charge in [-0.2, -0.15) is 0 Å². The van der Waals surface area contributed by atoms with E-state index in [1.165, 1.54) is 6.26 Å². The van der Waals surface area contributed by atoms with Crippen molar-refractivity contribution >= 4 is 10.0 Å². The lowest BCUT2D eigenvalue weighted by atomic mass is 10.0. The minimum Gasteiger partial charge on any atom is -0.454 e. The predicted octanol–water partition coefficient (Wildman–Crippen LogP) is 0.338. The van der Waals surface area contributed by atoms with Crippen molar-refractivity contribution in [1.82, 2.24) is 9.62 Å². The summed E-state index contributed by atoms with van der Waals surface area (Å²) in [6, 6.07) is 5.68. The zero-order chi connectivity index (χ0) is 15.6. The molecule has 0 aliphatic carbocycles. The van der Waals surface area contributed by atoms with E-state index in [1.807, 2.05) is 18.2 Å². The molecule has 2 aliphatic rings. The first kappa shape index (κ1) is 15.5. The number of nitrogens with one attached hydrogen (secondary N) is 1. The number of fused-ring (bicyclic) bond motifs is 1. The largest absolute Gasteiger partial charge is 0.454 e. The van der Waals surface area contributed by atoms with Gasteiger partial charge in [0.05, 0.1) is 19.5 Å². The number of sulfonamides is 1. The molecule has 3 rings (SSSR count). The summed E-state index contributed by atoms with van der Waals surface area (Å²) in [6.07, 6.45) is 1.17. The van der Waals surface area contributed by atoms with Crippen LogP contribution in [-0.4, -0.2) is 59.2 Å². The van der Waals surface area contributed by atoms with Crippen LogP contribution in [0.5, 0.6) is 11.5 Å². The number of hydrogen-bond donors (Lipinski definition) is 1. The Balaban J connectivity index is 1.83. The van der Waals surface area contributed by atoms with Gasteiger partial charge in [-0.1, -0.05) is 6.07 Å². The van der Waals surface area contributed by atoms with Crippen LogP contribution in [0.15, 0.2) is 18.2 Å². The van der Waals surface area contributed by atoms with E-state index in [4.69, 9.17) is 14.2 Å². The Morgan fingerprint density at radius 2 is 1.95 bits per heavy atom. The van der Waals surface area contributed by atoms with Crippen LogP contribution < -0.4 is 14.2 Å². The molecule has 1 fully saturated rings. The zero-order valence-corrected chi connectivity index (χ0v) is 13.3. The van der Waals surface area contributed by atoms with E-state index in [2.05, 4.69) is 9.62 Å². The van der Waals surface area contributed by atoms with Gasteiger partial charge in [-0.3, -0.25) is 4.90 Å². The van der Waals surface area contributed by atoms with Gasteiger partial charge < -0.3 is 14.2 Å². The molecule has 8 heteroatoms. The Morgan fingerprint density at radius 1 is 1.23 bits per heavy atom. The molecular weight excluding hydrogens is 308 g/mol. The fourth-order valence-electron chi connectivity index (χ4n) is 2.70. The average molecular weight is 328 g/mol. The summed E-state index contributed by atoms with van der Waals surface area (Å²) >= 11 is 0. The normalized spacial score (nSPS) is 20.0.